The number of ether oxygens (including phenoxy) is 2. The van der Waals surface area contributed by atoms with Crippen LogP contribution < -0.4 is 0 Å². The molecule has 0 N–H and O–H groups in total. The zero-order chi connectivity index (χ0) is 13.2. The Bertz CT molecular complexity index is 293. The van der Waals surface area contributed by atoms with Crippen molar-refractivity contribution in [2.24, 2.45) is 0 Å². The molecule has 1 aliphatic rings. The highest BCUT2D eigenvalue weighted by Gasteiger charge is 2.09. The number of nitrogens with zero attached hydrogens (tertiary/aromatic N) is 1. The summed E-state index contributed by atoms with van der Waals surface area (Å²) in [6.45, 7) is 3.28. The predicted molar refractivity (Wildman–Crippen MR) is 67.0 cm³/mol. The van der Waals surface area contributed by atoms with E-state index in [0.29, 0.717) is 6.61 Å². The van der Waals surface area contributed by atoms with E-state index in [1.165, 1.54) is 32.8 Å². The van der Waals surface area contributed by atoms with Gasteiger partial charge in [0.1, 0.15) is 6.61 Å². The molecule has 1 fully saturated rings. The van der Waals surface area contributed by atoms with Gasteiger partial charge < -0.3 is 9.47 Å². The fourth-order valence-electron chi connectivity index (χ4n) is 1.89. The molecule has 5 heteroatoms. The van der Waals surface area contributed by atoms with E-state index in [9.17, 15) is 9.59 Å². The first-order valence-electron chi connectivity index (χ1n) is 6.37. The van der Waals surface area contributed by atoms with E-state index in [2.05, 4.69) is 9.64 Å². The van der Waals surface area contributed by atoms with Gasteiger partial charge in [0, 0.05) is 18.7 Å². The van der Waals surface area contributed by atoms with Gasteiger partial charge in [0.25, 0.3) is 0 Å². The van der Waals surface area contributed by atoms with Gasteiger partial charge in [-0.1, -0.05) is 12.8 Å². The van der Waals surface area contributed by atoms with Gasteiger partial charge in [0.05, 0.1) is 7.11 Å². The molecular weight excluding hydrogens is 234 g/mol. The Hall–Kier alpha value is -1.36. The Morgan fingerprint density at radius 2 is 1.67 bits per heavy atom. The number of hydrogen-bond acceptors (Lipinski definition) is 5. The van der Waals surface area contributed by atoms with Crippen LogP contribution in [0.1, 0.15) is 25.7 Å². The molecule has 0 aromatic heterocycles. The summed E-state index contributed by atoms with van der Waals surface area (Å²) >= 11 is 0. The minimum absolute atomic E-state index is 0.365. The number of carbonyl (C=O) groups excluding carboxylic acids is 2. The van der Waals surface area contributed by atoms with Crippen molar-refractivity contribution in [2.45, 2.75) is 25.7 Å². The summed E-state index contributed by atoms with van der Waals surface area (Å²) in [4.78, 5) is 24.3. The quantitative estimate of drug-likeness (QED) is 0.544. The molecule has 0 spiro atoms. The van der Waals surface area contributed by atoms with Crippen LogP contribution in [0.25, 0.3) is 0 Å². The molecule has 102 valence electrons. The van der Waals surface area contributed by atoms with Crippen molar-refractivity contribution in [3.63, 3.8) is 0 Å². The molecule has 1 saturated heterocycles. The molecule has 0 saturated carbocycles. The van der Waals surface area contributed by atoms with Crippen LogP contribution in [-0.2, 0) is 19.1 Å². The topological polar surface area (TPSA) is 55.8 Å². The second-order valence-electron chi connectivity index (χ2n) is 4.28. The lowest BCUT2D eigenvalue weighted by atomic mass is 10.2. The zero-order valence-electron chi connectivity index (χ0n) is 10.9. The zero-order valence-corrected chi connectivity index (χ0v) is 10.9. The molecule has 1 rings (SSSR count). The van der Waals surface area contributed by atoms with Crippen LogP contribution in [0, 0.1) is 0 Å². The molecule has 5 nitrogen and oxygen atoms in total. The van der Waals surface area contributed by atoms with Gasteiger partial charge >= 0.3 is 11.9 Å². The molecule has 0 atom stereocenters. The average Bonchev–Trinajstić information content (AvgIpc) is 2.64. The Balaban J connectivity index is 2.14. The number of esters is 2. The highest BCUT2D eigenvalue weighted by molar-refractivity contribution is 5.91. The summed E-state index contributed by atoms with van der Waals surface area (Å²) in [7, 11) is 1.26. The van der Waals surface area contributed by atoms with E-state index >= 15 is 0 Å². The van der Waals surface area contributed by atoms with Gasteiger partial charge in [-0.15, -0.1) is 0 Å². The molecule has 0 amide bonds. The van der Waals surface area contributed by atoms with Crippen LogP contribution in [0.4, 0.5) is 0 Å². The molecule has 0 unspecified atom stereocenters. The number of rotatable bonds is 5. The van der Waals surface area contributed by atoms with Gasteiger partial charge in [0.15, 0.2) is 0 Å². The Kier molecular flexibility index (Phi) is 7.10. The Morgan fingerprint density at radius 3 is 2.28 bits per heavy atom. The van der Waals surface area contributed by atoms with Crippen molar-refractivity contribution < 1.29 is 19.1 Å². The van der Waals surface area contributed by atoms with Gasteiger partial charge in [-0.2, -0.15) is 0 Å². The SMILES string of the molecule is COC(=O)/C=C/C(=O)OCCN1CCCCCC1. The lowest BCUT2D eigenvalue weighted by Gasteiger charge is -2.18. The van der Waals surface area contributed by atoms with Crippen molar-refractivity contribution in [3.05, 3.63) is 12.2 Å². The van der Waals surface area contributed by atoms with E-state index in [0.717, 1.165) is 31.8 Å². The molecule has 1 aliphatic heterocycles. The summed E-state index contributed by atoms with van der Waals surface area (Å²) in [5, 5.41) is 0. The fraction of sp³-hybridized carbons (Fsp3) is 0.692. The molecule has 0 radical (unpaired) electrons. The third kappa shape index (κ3) is 6.39. The highest BCUT2D eigenvalue weighted by Crippen LogP contribution is 2.08. The molecule has 18 heavy (non-hydrogen) atoms. The predicted octanol–water partition coefficient (Wildman–Crippen LogP) is 1.13. The summed E-state index contributed by atoms with van der Waals surface area (Å²) in [5.74, 6) is -1.06. The van der Waals surface area contributed by atoms with Crippen molar-refractivity contribution >= 4 is 11.9 Å². The summed E-state index contributed by atoms with van der Waals surface area (Å²) in [5.41, 5.74) is 0. The standard InChI is InChI=1S/C13H21NO4/c1-17-12(15)6-7-13(16)18-11-10-14-8-4-2-3-5-9-14/h6-7H,2-5,8-11H2,1H3/b7-6+. The van der Waals surface area contributed by atoms with Crippen molar-refractivity contribution in [1.82, 2.24) is 4.90 Å². The van der Waals surface area contributed by atoms with Crippen molar-refractivity contribution in [1.29, 1.82) is 0 Å². The van der Waals surface area contributed by atoms with Gasteiger partial charge in [-0.3, -0.25) is 4.90 Å². The fourth-order valence-corrected chi connectivity index (χ4v) is 1.89. The summed E-state index contributed by atoms with van der Waals surface area (Å²) < 4.78 is 9.38. The summed E-state index contributed by atoms with van der Waals surface area (Å²) in [6.07, 6.45) is 7.17. The minimum Gasteiger partial charge on any atom is -0.466 e. The minimum atomic E-state index is -0.556. The van der Waals surface area contributed by atoms with Crippen LogP contribution in [0.3, 0.4) is 0 Å². The molecule has 0 aromatic carbocycles. The van der Waals surface area contributed by atoms with Gasteiger partial charge in [-0.05, 0) is 25.9 Å². The van der Waals surface area contributed by atoms with Gasteiger partial charge in [0.2, 0.25) is 0 Å². The van der Waals surface area contributed by atoms with Crippen molar-refractivity contribution in [3.8, 4) is 0 Å². The number of methoxy groups -OCH3 is 1. The molecule has 0 aliphatic carbocycles. The number of hydrogen-bond donors (Lipinski definition) is 0. The summed E-state index contributed by atoms with van der Waals surface area (Å²) in [6, 6.07) is 0. The van der Waals surface area contributed by atoms with E-state index < -0.39 is 11.9 Å². The molecule has 0 bridgehead atoms. The first-order valence-corrected chi connectivity index (χ1v) is 6.37. The van der Waals surface area contributed by atoms with Crippen LogP contribution in [0.2, 0.25) is 0 Å². The first-order chi connectivity index (χ1) is 8.72. The number of carbonyl (C=O) groups is 2. The molecular formula is C13H21NO4. The van der Waals surface area contributed by atoms with E-state index in [1.54, 1.807) is 0 Å². The lowest BCUT2D eigenvalue weighted by molar-refractivity contribution is -0.139. The smallest absolute Gasteiger partial charge is 0.331 e. The highest BCUT2D eigenvalue weighted by atomic mass is 16.5. The maximum absolute atomic E-state index is 11.2. The normalized spacial score (nSPS) is 17.4. The maximum Gasteiger partial charge on any atom is 0.331 e. The largest absolute Gasteiger partial charge is 0.466 e. The average molecular weight is 255 g/mol. The number of likely N-dealkylation sites (tertiary alicyclic amines) is 1. The molecule has 1 heterocycles. The van der Waals surface area contributed by atoms with Crippen molar-refractivity contribution in [2.75, 3.05) is 33.4 Å². The van der Waals surface area contributed by atoms with E-state index in [-0.39, 0.29) is 0 Å². The lowest BCUT2D eigenvalue weighted by Crippen LogP contribution is -2.29. The van der Waals surface area contributed by atoms with E-state index in [1.807, 2.05) is 0 Å². The third-order valence-electron chi connectivity index (χ3n) is 2.91. The Morgan fingerprint density at radius 1 is 1.06 bits per heavy atom. The monoisotopic (exact) mass is 255 g/mol. The first kappa shape index (κ1) is 14.7. The second-order valence-corrected chi connectivity index (χ2v) is 4.28. The molecule has 0 aromatic rings. The van der Waals surface area contributed by atoms with Gasteiger partial charge in [-0.25, -0.2) is 9.59 Å². The Labute approximate surface area is 108 Å². The van der Waals surface area contributed by atoms with Crippen LogP contribution in [0.5, 0.6) is 0 Å². The second kappa shape index (κ2) is 8.69. The van der Waals surface area contributed by atoms with Crippen LogP contribution >= 0.6 is 0 Å². The third-order valence-corrected chi connectivity index (χ3v) is 2.91. The van der Waals surface area contributed by atoms with Crippen LogP contribution in [0.15, 0.2) is 12.2 Å². The maximum atomic E-state index is 11.2. The van der Waals surface area contributed by atoms with E-state index in [4.69, 9.17) is 4.74 Å². The van der Waals surface area contributed by atoms with Crippen LogP contribution in [-0.4, -0.2) is 50.2 Å².